The molecule has 6 nitrogen and oxygen atoms in total. The van der Waals surface area contributed by atoms with Crippen LogP contribution in [0.3, 0.4) is 0 Å². The minimum Gasteiger partial charge on any atom is -0.384 e. The maximum atomic E-state index is 4.41. The number of anilines is 2. The van der Waals surface area contributed by atoms with Crippen LogP contribution in [-0.2, 0) is 12.8 Å². The van der Waals surface area contributed by atoms with E-state index >= 15 is 0 Å². The van der Waals surface area contributed by atoms with E-state index in [-0.39, 0.29) is 0 Å². The Morgan fingerprint density at radius 1 is 1.09 bits per heavy atom. The minimum absolute atomic E-state index is 0.893. The molecule has 6 heteroatoms. The molecule has 2 aromatic heterocycles. The molecule has 0 aliphatic carbocycles. The van der Waals surface area contributed by atoms with Crippen molar-refractivity contribution in [1.29, 1.82) is 0 Å². The van der Waals surface area contributed by atoms with Crippen molar-refractivity contribution >= 4 is 11.5 Å². The van der Waals surface area contributed by atoms with E-state index in [2.05, 4.69) is 30.9 Å². The molecule has 22 heavy (non-hydrogen) atoms. The number of aromatic nitrogens is 3. The molecule has 0 atom stereocenters. The smallest absolute Gasteiger partial charge is 0.132 e. The normalized spacial score (nSPS) is 14.0. The van der Waals surface area contributed by atoms with Crippen LogP contribution in [-0.4, -0.2) is 41.1 Å². The Kier molecular flexibility index (Phi) is 5.15. The van der Waals surface area contributed by atoms with E-state index in [1.165, 1.54) is 11.3 Å². The molecule has 3 heterocycles. The number of nitrogens with one attached hydrogen (secondary N) is 3. The summed E-state index contributed by atoms with van der Waals surface area (Å²) in [5.74, 6) is 0.995. The van der Waals surface area contributed by atoms with Crippen LogP contribution in [0.15, 0.2) is 30.9 Å². The van der Waals surface area contributed by atoms with E-state index in [1.807, 2.05) is 18.3 Å². The van der Waals surface area contributed by atoms with Crippen molar-refractivity contribution in [3.05, 3.63) is 42.1 Å². The fourth-order valence-electron chi connectivity index (χ4n) is 2.62. The van der Waals surface area contributed by atoms with E-state index < -0.39 is 0 Å². The van der Waals surface area contributed by atoms with Gasteiger partial charge in [-0.25, -0.2) is 9.97 Å². The highest BCUT2D eigenvalue weighted by Gasteiger charge is 2.13. The van der Waals surface area contributed by atoms with Crippen molar-refractivity contribution in [2.24, 2.45) is 0 Å². The van der Waals surface area contributed by atoms with Crippen LogP contribution >= 0.6 is 0 Å². The van der Waals surface area contributed by atoms with Crippen molar-refractivity contribution in [2.45, 2.75) is 19.3 Å². The van der Waals surface area contributed by atoms with Crippen LogP contribution in [0.2, 0.25) is 0 Å². The predicted octanol–water partition coefficient (Wildman–Crippen LogP) is 1.47. The first kappa shape index (κ1) is 14.7. The van der Waals surface area contributed by atoms with Crippen molar-refractivity contribution < 1.29 is 0 Å². The van der Waals surface area contributed by atoms with Crippen molar-refractivity contribution in [2.75, 3.05) is 36.8 Å². The van der Waals surface area contributed by atoms with E-state index in [4.69, 9.17) is 0 Å². The third-order valence-corrected chi connectivity index (χ3v) is 3.76. The Labute approximate surface area is 130 Å². The summed E-state index contributed by atoms with van der Waals surface area (Å²) >= 11 is 0. The molecule has 2 aromatic rings. The van der Waals surface area contributed by atoms with Gasteiger partial charge in [-0.3, -0.25) is 4.98 Å². The highest BCUT2D eigenvalue weighted by molar-refractivity contribution is 5.46. The summed E-state index contributed by atoms with van der Waals surface area (Å²) in [5.41, 5.74) is 3.51. The summed E-state index contributed by atoms with van der Waals surface area (Å²) < 4.78 is 0. The maximum absolute atomic E-state index is 4.41. The Bertz CT molecular complexity index is 586. The molecule has 1 aliphatic heterocycles. The Hall–Kier alpha value is -2.21. The molecule has 3 N–H and O–H groups in total. The second-order valence-electron chi connectivity index (χ2n) is 5.35. The van der Waals surface area contributed by atoms with Gasteiger partial charge >= 0.3 is 0 Å². The first-order valence-electron chi connectivity index (χ1n) is 7.85. The zero-order chi connectivity index (χ0) is 15.0. The van der Waals surface area contributed by atoms with Crippen LogP contribution in [0.4, 0.5) is 11.5 Å². The maximum Gasteiger partial charge on any atom is 0.132 e. The lowest BCUT2D eigenvalue weighted by atomic mass is 10.1. The van der Waals surface area contributed by atoms with Gasteiger partial charge < -0.3 is 16.0 Å². The van der Waals surface area contributed by atoms with Crippen LogP contribution < -0.4 is 16.0 Å². The van der Waals surface area contributed by atoms with Crippen LogP contribution in [0, 0.1) is 0 Å². The molecule has 0 fully saturated rings. The van der Waals surface area contributed by atoms with Gasteiger partial charge in [0, 0.05) is 44.0 Å². The summed E-state index contributed by atoms with van der Waals surface area (Å²) in [7, 11) is 0. The SMILES string of the molecule is c1cncc(NCCCNc2ncnc3c2CCNCC3)c1. The first-order valence-corrected chi connectivity index (χ1v) is 7.85. The van der Waals surface area contributed by atoms with E-state index in [1.54, 1.807) is 12.5 Å². The summed E-state index contributed by atoms with van der Waals surface area (Å²) in [6.07, 6.45) is 8.28. The lowest BCUT2D eigenvalue weighted by Crippen LogP contribution is -2.16. The number of hydrogen-bond donors (Lipinski definition) is 3. The van der Waals surface area contributed by atoms with Crippen molar-refractivity contribution in [3.8, 4) is 0 Å². The predicted molar refractivity (Wildman–Crippen MR) is 88.1 cm³/mol. The Morgan fingerprint density at radius 3 is 2.91 bits per heavy atom. The van der Waals surface area contributed by atoms with E-state index in [0.717, 1.165) is 56.9 Å². The van der Waals surface area contributed by atoms with Gasteiger partial charge in [-0.15, -0.1) is 0 Å². The third-order valence-electron chi connectivity index (χ3n) is 3.76. The number of pyridine rings is 1. The molecule has 0 saturated heterocycles. The van der Waals surface area contributed by atoms with Crippen LogP contribution in [0.5, 0.6) is 0 Å². The Morgan fingerprint density at radius 2 is 2.00 bits per heavy atom. The first-order chi connectivity index (χ1) is 10.9. The monoisotopic (exact) mass is 298 g/mol. The van der Waals surface area contributed by atoms with Crippen molar-refractivity contribution in [3.63, 3.8) is 0 Å². The number of hydrogen-bond acceptors (Lipinski definition) is 6. The van der Waals surface area contributed by atoms with E-state index in [9.17, 15) is 0 Å². The Balaban J connectivity index is 1.48. The molecule has 3 rings (SSSR count). The third kappa shape index (κ3) is 3.92. The molecule has 0 saturated carbocycles. The van der Waals surface area contributed by atoms with Crippen molar-refractivity contribution in [1.82, 2.24) is 20.3 Å². The summed E-state index contributed by atoms with van der Waals surface area (Å²) in [5, 5.41) is 10.2. The molecule has 0 amide bonds. The van der Waals surface area contributed by atoms with Gasteiger partial charge in [0.05, 0.1) is 11.4 Å². The highest BCUT2D eigenvalue weighted by atomic mass is 15.0. The topological polar surface area (TPSA) is 74.8 Å². The molecule has 0 unspecified atom stereocenters. The van der Waals surface area contributed by atoms with Gasteiger partial charge in [-0.1, -0.05) is 0 Å². The zero-order valence-electron chi connectivity index (χ0n) is 12.7. The number of fused-ring (bicyclic) bond motifs is 1. The standard InChI is InChI=1S/C16H22N6/c1-3-13(11-18-6-1)19-7-2-8-20-16-14-4-9-17-10-5-15(14)21-12-22-16/h1,3,6,11-12,17,19H,2,4-5,7-10H2,(H,20,21,22). The fourth-order valence-corrected chi connectivity index (χ4v) is 2.62. The van der Waals surface area contributed by atoms with Gasteiger partial charge in [0.2, 0.25) is 0 Å². The van der Waals surface area contributed by atoms with Gasteiger partial charge in [-0.05, 0) is 31.5 Å². The van der Waals surface area contributed by atoms with E-state index in [0.29, 0.717) is 0 Å². The second kappa shape index (κ2) is 7.70. The average molecular weight is 298 g/mol. The summed E-state index contributed by atoms with van der Waals surface area (Å²) in [4.78, 5) is 12.9. The molecule has 0 bridgehead atoms. The number of nitrogens with zero attached hydrogens (tertiary/aromatic N) is 3. The molecule has 0 radical (unpaired) electrons. The molecule has 0 aromatic carbocycles. The lowest BCUT2D eigenvalue weighted by Gasteiger charge is -2.12. The summed E-state index contributed by atoms with van der Waals surface area (Å²) in [6.45, 7) is 3.80. The van der Waals surface area contributed by atoms with Gasteiger partial charge in [0.25, 0.3) is 0 Å². The summed E-state index contributed by atoms with van der Waals surface area (Å²) in [6, 6.07) is 3.96. The van der Waals surface area contributed by atoms with Gasteiger partial charge in [0.15, 0.2) is 0 Å². The fraction of sp³-hybridized carbons (Fsp3) is 0.438. The lowest BCUT2D eigenvalue weighted by molar-refractivity contribution is 0.708. The highest BCUT2D eigenvalue weighted by Crippen LogP contribution is 2.17. The molecular weight excluding hydrogens is 276 g/mol. The van der Waals surface area contributed by atoms with Gasteiger partial charge in [0.1, 0.15) is 12.1 Å². The van der Waals surface area contributed by atoms with Crippen LogP contribution in [0.1, 0.15) is 17.7 Å². The van der Waals surface area contributed by atoms with Gasteiger partial charge in [-0.2, -0.15) is 0 Å². The average Bonchev–Trinajstić information content (AvgIpc) is 2.81. The molecule has 116 valence electrons. The molecule has 0 spiro atoms. The zero-order valence-corrected chi connectivity index (χ0v) is 12.7. The second-order valence-corrected chi connectivity index (χ2v) is 5.35. The van der Waals surface area contributed by atoms with Crippen LogP contribution in [0.25, 0.3) is 0 Å². The molecule has 1 aliphatic rings. The quantitative estimate of drug-likeness (QED) is 0.701. The largest absolute Gasteiger partial charge is 0.384 e. The number of rotatable bonds is 6. The minimum atomic E-state index is 0.893. The molecular formula is C16H22N6.